The number of carbonyl (C=O) groups is 1. The smallest absolute Gasteiger partial charge is 0.270 e. The maximum atomic E-state index is 12.5. The van der Waals surface area contributed by atoms with E-state index in [1.807, 2.05) is 12.1 Å². The molecule has 3 rings (SSSR count). The maximum Gasteiger partial charge on any atom is 0.270 e. The summed E-state index contributed by atoms with van der Waals surface area (Å²) >= 11 is 3.26. The Morgan fingerprint density at radius 1 is 1.22 bits per heavy atom. The highest BCUT2D eigenvalue weighted by Crippen LogP contribution is 2.30. The van der Waals surface area contributed by atoms with Gasteiger partial charge in [0.25, 0.3) is 5.69 Å². The number of nitro groups is 1. The fourth-order valence-electron chi connectivity index (χ4n) is 2.77. The lowest BCUT2D eigenvalue weighted by Crippen LogP contribution is -2.15. The number of fused-ring (bicyclic) bond motifs is 1. The van der Waals surface area contributed by atoms with E-state index in [1.165, 1.54) is 18.2 Å². The van der Waals surface area contributed by atoms with Crippen molar-refractivity contribution in [3.8, 4) is 0 Å². The molecule has 0 saturated heterocycles. The van der Waals surface area contributed by atoms with Crippen molar-refractivity contribution in [3.05, 3.63) is 68.4 Å². The van der Waals surface area contributed by atoms with Gasteiger partial charge in [0, 0.05) is 27.6 Å². The third-order valence-corrected chi connectivity index (χ3v) is 4.96. The molecule has 3 aromatic rings. The predicted octanol–water partition coefficient (Wildman–Crippen LogP) is 5.58. The standard InChI is InChI=1S/C20H19BrN2O4/c1-20(2,3)13-4-7-18-15(9-13)12(11-27-18)8-19(24)22-17-6-5-14(23(25)26)10-16(17)21/h4-7,9-11H,8H2,1-3H3,(H,22,24). The number of carbonyl (C=O) groups excluding carboxylic acids is 1. The highest BCUT2D eigenvalue weighted by Gasteiger charge is 2.18. The van der Waals surface area contributed by atoms with Crippen LogP contribution in [0, 0.1) is 10.1 Å². The van der Waals surface area contributed by atoms with E-state index in [9.17, 15) is 14.9 Å². The molecule has 6 nitrogen and oxygen atoms in total. The molecule has 0 spiro atoms. The van der Waals surface area contributed by atoms with Crippen LogP contribution < -0.4 is 5.32 Å². The summed E-state index contributed by atoms with van der Waals surface area (Å²) in [4.78, 5) is 22.8. The number of rotatable bonds is 4. The van der Waals surface area contributed by atoms with Gasteiger partial charge in [0.2, 0.25) is 5.91 Å². The van der Waals surface area contributed by atoms with Gasteiger partial charge in [-0.15, -0.1) is 0 Å². The van der Waals surface area contributed by atoms with Crippen LogP contribution in [0.5, 0.6) is 0 Å². The Bertz CT molecular complexity index is 1030. The molecule has 7 heteroatoms. The number of hydrogen-bond acceptors (Lipinski definition) is 4. The van der Waals surface area contributed by atoms with Gasteiger partial charge < -0.3 is 9.73 Å². The van der Waals surface area contributed by atoms with Crippen molar-refractivity contribution in [2.75, 3.05) is 5.32 Å². The molecule has 27 heavy (non-hydrogen) atoms. The molecule has 0 unspecified atom stereocenters. The molecule has 0 saturated carbocycles. The second kappa shape index (κ2) is 7.15. The number of nitro benzene ring substituents is 1. The quantitative estimate of drug-likeness (QED) is 0.432. The lowest BCUT2D eigenvalue weighted by Gasteiger charge is -2.18. The lowest BCUT2D eigenvalue weighted by molar-refractivity contribution is -0.384. The average molecular weight is 431 g/mol. The minimum atomic E-state index is -0.485. The van der Waals surface area contributed by atoms with Crippen LogP contribution in [0.1, 0.15) is 31.9 Å². The summed E-state index contributed by atoms with van der Waals surface area (Å²) in [5, 5.41) is 14.5. The highest BCUT2D eigenvalue weighted by molar-refractivity contribution is 9.10. The third-order valence-electron chi connectivity index (χ3n) is 4.31. The second-order valence-electron chi connectivity index (χ2n) is 7.37. The number of hydrogen-bond donors (Lipinski definition) is 1. The van der Waals surface area contributed by atoms with E-state index in [-0.39, 0.29) is 23.4 Å². The van der Waals surface area contributed by atoms with Crippen molar-refractivity contribution in [2.45, 2.75) is 32.6 Å². The van der Waals surface area contributed by atoms with Crippen LogP contribution >= 0.6 is 15.9 Å². The van der Waals surface area contributed by atoms with Gasteiger partial charge >= 0.3 is 0 Å². The zero-order chi connectivity index (χ0) is 19.8. The zero-order valence-corrected chi connectivity index (χ0v) is 16.8. The van der Waals surface area contributed by atoms with Gasteiger partial charge in [0.15, 0.2) is 0 Å². The first-order chi connectivity index (χ1) is 12.6. The number of nitrogens with zero attached hydrogens (tertiary/aromatic N) is 1. The third kappa shape index (κ3) is 4.19. The number of furan rings is 1. The summed E-state index contributed by atoms with van der Waals surface area (Å²) in [6.45, 7) is 6.40. The average Bonchev–Trinajstić information content (AvgIpc) is 2.98. The van der Waals surface area contributed by atoms with E-state index in [0.717, 1.165) is 22.1 Å². The van der Waals surface area contributed by atoms with Gasteiger partial charge in [-0.2, -0.15) is 0 Å². The zero-order valence-electron chi connectivity index (χ0n) is 15.2. The van der Waals surface area contributed by atoms with Crippen LogP contribution in [-0.4, -0.2) is 10.8 Å². The molecular formula is C20H19BrN2O4. The van der Waals surface area contributed by atoms with Gasteiger partial charge in [0.05, 0.1) is 23.3 Å². The highest BCUT2D eigenvalue weighted by atomic mass is 79.9. The molecule has 2 aromatic carbocycles. The molecule has 1 amide bonds. The maximum absolute atomic E-state index is 12.5. The van der Waals surface area contributed by atoms with E-state index in [1.54, 1.807) is 6.26 Å². The molecule has 1 heterocycles. The first-order valence-electron chi connectivity index (χ1n) is 8.39. The Kier molecular flexibility index (Phi) is 5.06. The molecule has 0 aliphatic rings. The molecule has 140 valence electrons. The summed E-state index contributed by atoms with van der Waals surface area (Å²) in [6, 6.07) is 10.2. The summed E-state index contributed by atoms with van der Waals surface area (Å²) < 4.78 is 6.03. The summed E-state index contributed by atoms with van der Waals surface area (Å²) in [6.07, 6.45) is 1.74. The first-order valence-corrected chi connectivity index (χ1v) is 9.19. The number of benzene rings is 2. The van der Waals surface area contributed by atoms with Crippen molar-refractivity contribution in [1.82, 2.24) is 0 Å². The number of anilines is 1. The number of amides is 1. The van der Waals surface area contributed by atoms with Gasteiger partial charge in [0.1, 0.15) is 5.58 Å². The molecule has 0 radical (unpaired) electrons. The van der Waals surface area contributed by atoms with Crippen molar-refractivity contribution in [2.24, 2.45) is 0 Å². The van der Waals surface area contributed by atoms with Crippen LogP contribution in [0.15, 0.2) is 51.6 Å². The molecule has 0 aliphatic heterocycles. The number of nitrogens with one attached hydrogen (secondary N) is 1. The second-order valence-corrected chi connectivity index (χ2v) is 8.22. The van der Waals surface area contributed by atoms with E-state index in [4.69, 9.17) is 4.42 Å². The Morgan fingerprint density at radius 3 is 2.59 bits per heavy atom. The number of halogens is 1. The monoisotopic (exact) mass is 430 g/mol. The molecule has 0 aliphatic carbocycles. The normalized spacial score (nSPS) is 11.6. The number of non-ortho nitro benzene ring substituents is 1. The lowest BCUT2D eigenvalue weighted by atomic mass is 9.86. The van der Waals surface area contributed by atoms with Crippen molar-refractivity contribution < 1.29 is 14.1 Å². The van der Waals surface area contributed by atoms with Crippen molar-refractivity contribution in [3.63, 3.8) is 0 Å². The molecule has 0 bridgehead atoms. The van der Waals surface area contributed by atoms with Crippen molar-refractivity contribution in [1.29, 1.82) is 0 Å². The van der Waals surface area contributed by atoms with Gasteiger partial charge in [-0.1, -0.05) is 26.8 Å². The fraction of sp³-hybridized carbons (Fsp3) is 0.250. The van der Waals surface area contributed by atoms with Crippen LogP contribution in [0.2, 0.25) is 0 Å². The largest absolute Gasteiger partial charge is 0.464 e. The van der Waals surface area contributed by atoms with E-state index < -0.39 is 4.92 Å². The minimum Gasteiger partial charge on any atom is -0.464 e. The van der Waals surface area contributed by atoms with Crippen LogP contribution in [0.25, 0.3) is 11.0 Å². The van der Waals surface area contributed by atoms with E-state index in [2.05, 4.69) is 48.1 Å². The summed E-state index contributed by atoms with van der Waals surface area (Å²) in [5.74, 6) is -0.228. The SMILES string of the molecule is CC(C)(C)c1ccc2occ(CC(=O)Nc3ccc([N+](=O)[O-])cc3Br)c2c1. The minimum absolute atomic E-state index is 0.00535. The molecule has 0 fully saturated rings. The fourth-order valence-corrected chi connectivity index (χ4v) is 3.24. The Morgan fingerprint density at radius 2 is 1.96 bits per heavy atom. The Hall–Kier alpha value is -2.67. The van der Waals surface area contributed by atoms with Crippen LogP contribution in [0.4, 0.5) is 11.4 Å². The van der Waals surface area contributed by atoms with Crippen molar-refractivity contribution >= 4 is 44.2 Å². The van der Waals surface area contributed by atoms with Gasteiger partial charge in [-0.25, -0.2) is 0 Å². The van der Waals surface area contributed by atoms with Crippen LogP contribution in [0.3, 0.4) is 0 Å². The molecule has 1 aromatic heterocycles. The van der Waals surface area contributed by atoms with Gasteiger partial charge in [-0.3, -0.25) is 14.9 Å². The van der Waals surface area contributed by atoms with Gasteiger partial charge in [-0.05, 0) is 45.1 Å². The first kappa shape index (κ1) is 19.1. The molecule has 0 atom stereocenters. The molecule has 1 N–H and O–H groups in total. The summed E-state index contributed by atoms with van der Waals surface area (Å²) in [7, 11) is 0. The van der Waals surface area contributed by atoms with Crippen LogP contribution in [-0.2, 0) is 16.6 Å². The summed E-state index contributed by atoms with van der Waals surface area (Å²) in [5.41, 5.74) is 3.13. The predicted molar refractivity (Wildman–Crippen MR) is 108 cm³/mol. The Balaban J connectivity index is 1.81. The Labute approximate surface area is 164 Å². The van der Waals surface area contributed by atoms with E-state index in [0.29, 0.717) is 10.2 Å². The molecular weight excluding hydrogens is 412 g/mol. The van der Waals surface area contributed by atoms with E-state index >= 15 is 0 Å². The topological polar surface area (TPSA) is 85.4 Å².